The third-order valence-corrected chi connectivity index (χ3v) is 4.87. The number of rotatable bonds is 7. The van der Waals surface area contributed by atoms with Crippen molar-refractivity contribution in [2.45, 2.75) is 39.3 Å². The lowest BCUT2D eigenvalue weighted by Gasteiger charge is -2.27. The third-order valence-electron chi connectivity index (χ3n) is 4.87. The molecule has 2 aromatic rings. The molecule has 1 fully saturated rings. The number of piperidine rings is 1. The maximum Gasteiger partial charge on any atom is 0.191 e. The number of anilines is 1. The summed E-state index contributed by atoms with van der Waals surface area (Å²) in [7, 11) is 1.68. The van der Waals surface area contributed by atoms with Crippen LogP contribution in [0.1, 0.15) is 37.3 Å². The summed E-state index contributed by atoms with van der Waals surface area (Å²) in [5.74, 6) is 2.75. The molecular weight excluding hydrogens is 477 g/mol. The zero-order chi connectivity index (χ0) is 19.6. The Labute approximate surface area is 191 Å². The molecule has 0 radical (unpaired) electrons. The largest absolute Gasteiger partial charge is 0.497 e. The summed E-state index contributed by atoms with van der Waals surface area (Å²) < 4.78 is 5.21. The number of halogens is 1. The van der Waals surface area contributed by atoms with E-state index in [1.165, 1.54) is 30.4 Å². The van der Waals surface area contributed by atoms with Gasteiger partial charge in [0.15, 0.2) is 5.96 Å². The summed E-state index contributed by atoms with van der Waals surface area (Å²) in [6, 6.07) is 12.3. The van der Waals surface area contributed by atoms with Crippen LogP contribution in [0.25, 0.3) is 0 Å². The lowest BCUT2D eigenvalue weighted by molar-refractivity contribution is 0.414. The summed E-state index contributed by atoms with van der Waals surface area (Å²) >= 11 is 0. The van der Waals surface area contributed by atoms with Gasteiger partial charge in [0, 0.05) is 32.4 Å². The molecule has 3 rings (SSSR count). The van der Waals surface area contributed by atoms with Gasteiger partial charge in [-0.15, -0.1) is 24.0 Å². The number of pyridine rings is 1. The van der Waals surface area contributed by atoms with Crippen molar-refractivity contribution in [2.75, 3.05) is 31.6 Å². The van der Waals surface area contributed by atoms with Gasteiger partial charge in [0.1, 0.15) is 11.6 Å². The smallest absolute Gasteiger partial charge is 0.191 e. The fraction of sp³-hybridized carbons (Fsp3) is 0.455. The Bertz CT molecular complexity index is 760. The first-order valence-electron chi connectivity index (χ1n) is 10.1. The molecule has 2 N–H and O–H groups in total. The van der Waals surface area contributed by atoms with Crippen molar-refractivity contribution >= 4 is 35.8 Å². The van der Waals surface area contributed by atoms with Crippen molar-refractivity contribution < 1.29 is 4.74 Å². The Balaban J connectivity index is 0.00000300. The number of benzene rings is 1. The van der Waals surface area contributed by atoms with Crippen molar-refractivity contribution in [3.05, 3.63) is 53.7 Å². The van der Waals surface area contributed by atoms with Gasteiger partial charge in [-0.25, -0.2) is 9.98 Å². The van der Waals surface area contributed by atoms with Gasteiger partial charge in [0.2, 0.25) is 0 Å². The number of aliphatic imine (C=N–C) groups is 1. The number of hydrogen-bond acceptors (Lipinski definition) is 4. The Hall–Kier alpha value is -2.03. The molecule has 0 atom stereocenters. The molecule has 0 amide bonds. The predicted molar refractivity (Wildman–Crippen MR) is 130 cm³/mol. The minimum absolute atomic E-state index is 0. The average Bonchev–Trinajstić information content (AvgIpc) is 2.77. The maximum absolute atomic E-state index is 5.21. The Morgan fingerprint density at radius 2 is 1.83 bits per heavy atom. The van der Waals surface area contributed by atoms with Gasteiger partial charge in [-0.3, -0.25) is 0 Å². The second-order valence-corrected chi connectivity index (χ2v) is 6.97. The van der Waals surface area contributed by atoms with Crippen LogP contribution in [0.5, 0.6) is 5.75 Å². The lowest BCUT2D eigenvalue weighted by atomic mass is 10.1. The molecule has 7 heteroatoms. The molecule has 0 spiro atoms. The lowest BCUT2D eigenvalue weighted by Crippen LogP contribution is -2.36. The second kappa shape index (κ2) is 12.5. The summed E-state index contributed by atoms with van der Waals surface area (Å²) in [6.07, 6.45) is 5.73. The van der Waals surface area contributed by atoms with E-state index >= 15 is 0 Å². The summed E-state index contributed by atoms with van der Waals surface area (Å²) in [5.41, 5.74) is 2.36. The minimum atomic E-state index is 0. The number of ether oxygens (including phenoxy) is 1. The molecule has 29 heavy (non-hydrogen) atoms. The summed E-state index contributed by atoms with van der Waals surface area (Å²) in [5, 5.41) is 6.71. The van der Waals surface area contributed by atoms with Crippen LogP contribution in [-0.2, 0) is 13.1 Å². The minimum Gasteiger partial charge on any atom is -0.497 e. The molecule has 0 aliphatic carbocycles. The normalized spacial score (nSPS) is 14.1. The van der Waals surface area contributed by atoms with Crippen molar-refractivity contribution in [2.24, 2.45) is 4.99 Å². The third kappa shape index (κ3) is 7.38. The molecule has 6 nitrogen and oxygen atoms in total. The number of hydrogen-bond donors (Lipinski definition) is 2. The summed E-state index contributed by atoms with van der Waals surface area (Å²) in [4.78, 5) is 11.7. The molecule has 0 unspecified atom stereocenters. The average molecular weight is 509 g/mol. The summed E-state index contributed by atoms with van der Waals surface area (Å²) in [6.45, 7) is 6.44. The highest BCUT2D eigenvalue weighted by molar-refractivity contribution is 14.0. The number of guanidine groups is 1. The molecule has 0 saturated carbocycles. The first-order valence-corrected chi connectivity index (χ1v) is 10.1. The van der Waals surface area contributed by atoms with Crippen LogP contribution < -0.4 is 20.3 Å². The zero-order valence-electron chi connectivity index (χ0n) is 17.4. The van der Waals surface area contributed by atoms with Gasteiger partial charge in [-0.05, 0) is 61.6 Å². The molecule has 158 valence electrons. The van der Waals surface area contributed by atoms with Crippen LogP contribution in [0.2, 0.25) is 0 Å². The van der Waals surface area contributed by atoms with Crippen molar-refractivity contribution in [3.63, 3.8) is 0 Å². The van der Waals surface area contributed by atoms with E-state index in [1.54, 1.807) is 7.11 Å². The first-order chi connectivity index (χ1) is 13.8. The Morgan fingerprint density at radius 3 is 2.52 bits per heavy atom. The highest BCUT2D eigenvalue weighted by Gasteiger charge is 2.12. The molecule has 0 bridgehead atoms. The van der Waals surface area contributed by atoms with Crippen LogP contribution in [0.4, 0.5) is 5.82 Å². The number of nitrogens with one attached hydrogen (secondary N) is 2. The van der Waals surface area contributed by atoms with E-state index < -0.39 is 0 Å². The fourth-order valence-electron chi connectivity index (χ4n) is 3.30. The SMILES string of the molecule is CCNC(=NCc1ccnc(N2CCCCC2)c1)NCc1ccc(OC)cc1.I. The Kier molecular flexibility index (Phi) is 10.0. The maximum atomic E-state index is 5.21. The number of aromatic nitrogens is 1. The molecule has 1 aliphatic heterocycles. The van der Waals surface area contributed by atoms with Gasteiger partial charge in [0.05, 0.1) is 13.7 Å². The highest BCUT2D eigenvalue weighted by Crippen LogP contribution is 2.18. The highest BCUT2D eigenvalue weighted by atomic mass is 127. The van der Waals surface area contributed by atoms with Crippen LogP contribution in [-0.4, -0.2) is 37.7 Å². The quantitative estimate of drug-likeness (QED) is 0.336. The molecule has 1 aromatic heterocycles. The van der Waals surface area contributed by atoms with Crippen molar-refractivity contribution in [1.29, 1.82) is 0 Å². The molecule has 1 aliphatic rings. The molecule has 2 heterocycles. The molecule has 1 aromatic carbocycles. The van der Waals surface area contributed by atoms with E-state index in [9.17, 15) is 0 Å². The van der Waals surface area contributed by atoms with Crippen molar-refractivity contribution in [1.82, 2.24) is 15.6 Å². The van der Waals surface area contributed by atoms with Gasteiger partial charge >= 0.3 is 0 Å². The van der Waals surface area contributed by atoms with E-state index in [-0.39, 0.29) is 24.0 Å². The van der Waals surface area contributed by atoms with Gasteiger partial charge in [-0.2, -0.15) is 0 Å². The topological polar surface area (TPSA) is 61.8 Å². The van der Waals surface area contributed by atoms with Gasteiger partial charge < -0.3 is 20.3 Å². The van der Waals surface area contributed by atoms with E-state index in [0.29, 0.717) is 13.1 Å². The van der Waals surface area contributed by atoms with E-state index in [0.717, 1.165) is 37.2 Å². The van der Waals surface area contributed by atoms with E-state index in [4.69, 9.17) is 9.73 Å². The predicted octanol–water partition coefficient (Wildman–Crippen LogP) is 3.95. The van der Waals surface area contributed by atoms with E-state index in [2.05, 4.69) is 45.6 Å². The number of nitrogens with zero attached hydrogens (tertiary/aromatic N) is 3. The number of methoxy groups -OCH3 is 1. The van der Waals surface area contributed by atoms with E-state index in [1.807, 2.05) is 24.4 Å². The van der Waals surface area contributed by atoms with Crippen molar-refractivity contribution in [3.8, 4) is 5.75 Å². The van der Waals surface area contributed by atoms with Crippen LogP contribution >= 0.6 is 24.0 Å². The fourth-order valence-corrected chi connectivity index (χ4v) is 3.30. The first kappa shape index (κ1) is 23.3. The van der Waals surface area contributed by atoms with Crippen LogP contribution in [0.15, 0.2) is 47.6 Å². The monoisotopic (exact) mass is 509 g/mol. The Morgan fingerprint density at radius 1 is 1.07 bits per heavy atom. The zero-order valence-corrected chi connectivity index (χ0v) is 19.7. The molecular formula is C22H32IN5O. The molecule has 1 saturated heterocycles. The van der Waals surface area contributed by atoms with Gasteiger partial charge in [0.25, 0.3) is 0 Å². The van der Waals surface area contributed by atoms with Crippen LogP contribution in [0.3, 0.4) is 0 Å². The standard InChI is InChI=1S/C22H31N5O.HI/c1-3-23-22(25-16-18-7-9-20(28-2)10-8-18)26-17-19-11-12-24-21(15-19)27-13-5-4-6-14-27;/h7-12,15H,3-6,13-14,16-17H2,1-2H3,(H2,23,25,26);1H. The van der Waals surface area contributed by atoms with Crippen LogP contribution in [0, 0.1) is 0 Å². The second-order valence-electron chi connectivity index (χ2n) is 6.97. The van der Waals surface area contributed by atoms with Gasteiger partial charge in [-0.1, -0.05) is 12.1 Å².